The van der Waals surface area contributed by atoms with Gasteiger partial charge in [-0.1, -0.05) is 30.3 Å². The SMILES string of the molecule is O=C(O)ON1CCC(n2nc(-c3ccccc3)[nH]c2=O)CC1. The number of nitrogens with zero attached hydrogens (tertiary/aromatic N) is 3. The molecule has 0 saturated carbocycles. The molecule has 3 rings (SSSR count). The number of benzene rings is 1. The number of hydroxylamine groups is 2. The van der Waals surface area contributed by atoms with E-state index in [0.717, 1.165) is 5.56 Å². The Morgan fingerprint density at radius 2 is 1.95 bits per heavy atom. The zero-order chi connectivity index (χ0) is 15.5. The van der Waals surface area contributed by atoms with E-state index in [2.05, 4.69) is 14.9 Å². The van der Waals surface area contributed by atoms with Crippen molar-refractivity contribution in [3.63, 3.8) is 0 Å². The third kappa shape index (κ3) is 3.01. The number of rotatable bonds is 3. The molecule has 116 valence electrons. The van der Waals surface area contributed by atoms with Crippen molar-refractivity contribution in [3.05, 3.63) is 40.8 Å². The Morgan fingerprint density at radius 3 is 2.59 bits per heavy atom. The van der Waals surface area contributed by atoms with Crippen LogP contribution in [0.1, 0.15) is 18.9 Å². The van der Waals surface area contributed by atoms with Gasteiger partial charge in [-0.25, -0.2) is 14.3 Å². The second kappa shape index (κ2) is 6.02. The predicted molar refractivity (Wildman–Crippen MR) is 77.2 cm³/mol. The van der Waals surface area contributed by atoms with E-state index >= 15 is 0 Å². The predicted octanol–water partition coefficient (Wildman–Crippen LogP) is 1.48. The van der Waals surface area contributed by atoms with Crippen LogP contribution in [0.2, 0.25) is 0 Å². The molecule has 1 fully saturated rings. The number of carboxylic acid groups (broad SMARTS) is 1. The summed E-state index contributed by atoms with van der Waals surface area (Å²) in [6, 6.07) is 9.37. The summed E-state index contributed by atoms with van der Waals surface area (Å²) in [5.41, 5.74) is 0.599. The summed E-state index contributed by atoms with van der Waals surface area (Å²) < 4.78 is 1.44. The molecule has 8 nitrogen and oxygen atoms in total. The number of hydrogen-bond donors (Lipinski definition) is 2. The summed E-state index contributed by atoms with van der Waals surface area (Å²) in [7, 11) is 0. The fourth-order valence-electron chi connectivity index (χ4n) is 2.60. The van der Waals surface area contributed by atoms with Crippen molar-refractivity contribution in [3.8, 4) is 11.4 Å². The largest absolute Gasteiger partial charge is 0.525 e. The Morgan fingerprint density at radius 1 is 1.27 bits per heavy atom. The van der Waals surface area contributed by atoms with E-state index in [1.165, 1.54) is 9.75 Å². The molecule has 2 N–H and O–H groups in total. The maximum Gasteiger partial charge on any atom is 0.525 e. The third-order valence-corrected chi connectivity index (χ3v) is 3.66. The van der Waals surface area contributed by atoms with E-state index in [0.29, 0.717) is 31.8 Å². The van der Waals surface area contributed by atoms with Crippen molar-refractivity contribution in [1.82, 2.24) is 19.8 Å². The Hall–Kier alpha value is -2.61. The molecule has 0 amide bonds. The summed E-state index contributed by atoms with van der Waals surface area (Å²) in [5.74, 6) is 0.537. The van der Waals surface area contributed by atoms with Gasteiger partial charge in [0, 0.05) is 18.7 Å². The first-order valence-corrected chi connectivity index (χ1v) is 7.03. The van der Waals surface area contributed by atoms with Crippen molar-refractivity contribution in [2.75, 3.05) is 13.1 Å². The van der Waals surface area contributed by atoms with Crippen LogP contribution < -0.4 is 5.69 Å². The van der Waals surface area contributed by atoms with Gasteiger partial charge in [0.25, 0.3) is 0 Å². The fourth-order valence-corrected chi connectivity index (χ4v) is 2.60. The van der Waals surface area contributed by atoms with E-state index < -0.39 is 6.16 Å². The molecule has 1 aromatic carbocycles. The van der Waals surface area contributed by atoms with E-state index in [-0.39, 0.29) is 11.7 Å². The number of aromatic amines is 1. The molecule has 22 heavy (non-hydrogen) atoms. The minimum absolute atomic E-state index is 0.0603. The molecule has 0 radical (unpaired) electrons. The van der Waals surface area contributed by atoms with Gasteiger partial charge in [-0.15, -0.1) is 10.2 Å². The zero-order valence-corrected chi connectivity index (χ0v) is 11.8. The van der Waals surface area contributed by atoms with Gasteiger partial charge >= 0.3 is 11.8 Å². The van der Waals surface area contributed by atoms with Gasteiger partial charge in [-0.2, -0.15) is 0 Å². The van der Waals surface area contributed by atoms with Gasteiger partial charge in [0.2, 0.25) is 0 Å². The smallest absolute Gasteiger partial charge is 0.448 e. The number of H-pyrrole nitrogens is 1. The van der Waals surface area contributed by atoms with Crippen LogP contribution in [0.3, 0.4) is 0 Å². The first-order valence-electron chi connectivity index (χ1n) is 7.03. The third-order valence-electron chi connectivity index (χ3n) is 3.66. The van der Waals surface area contributed by atoms with Gasteiger partial charge in [0.15, 0.2) is 5.82 Å². The van der Waals surface area contributed by atoms with Crippen LogP contribution in [0.15, 0.2) is 35.1 Å². The molecule has 1 aromatic heterocycles. The molecule has 1 saturated heterocycles. The second-order valence-electron chi connectivity index (χ2n) is 5.11. The Balaban J connectivity index is 1.73. The van der Waals surface area contributed by atoms with Crippen LogP contribution >= 0.6 is 0 Å². The Kier molecular flexibility index (Phi) is 3.92. The molecule has 0 spiro atoms. The summed E-state index contributed by atoms with van der Waals surface area (Å²) in [4.78, 5) is 29.9. The van der Waals surface area contributed by atoms with Gasteiger partial charge in [0.05, 0.1) is 6.04 Å². The molecular formula is C14H16N4O4. The van der Waals surface area contributed by atoms with Crippen molar-refractivity contribution in [2.24, 2.45) is 0 Å². The minimum Gasteiger partial charge on any atom is -0.448 e. The number of nitrogens with one attached hydrogen (secondary N) is 1. The Bertz CT molecular complexity index is 701. The maximum absolute atomic E-state index is 12.1. The average molecular weight is 304 g/mol. The van der Waals surface area contributed by atoms with Gasteiger partial charge < -0.3 is 9.94 Å². The average Bonchev–Trinajstić information content (AvgIpc) is 2.90. The summed E-state index contributed by atoms with van der Waals surface area (Å²) in [6.45, 7) is 0.883. The van der Waals surface area contributed by atoms with Crippen LogP contribution in [0.5, 0.6) is 0 Å². The lowest BCUT2D eigenvalue weighted by atomic mass is 10.1. The number of hydrogen-bond acceptors (Lipinski definition) is 5. The summed E-state index contributed by atoms with van der Waals surface area (Å²) in [6.07, 6.45) is -0.111. The maximum atomic E-state index is 12.1. The standard InChI is InChI=1S/C14H16N4O4/c19-13-15-12(10-4-2-1-3-5-10)16-18(13)11-6-8-17(9-7-11)22-14(20)21/h1-5,11H,6-9H2,(H,20,21)(H,15,16,19). The van der Waals surface area contributed by atoms with Crippen LogP contribution in [0.4, 0.5) is 4.79 Å². The lowest BCUT2D eigenvalue weighted by Crippen LogP contribution is -2.38. The zero-order valence-electron chi connectivity index (χ0n) is 11.8. The highest BCUT2D eigenvalue weighted by Gasteiger charge is 2.25. The summed E-state index contributed by atoms with van der Waals surface area (Å²) in [5, 5.41) is 14.3. The normalized spacial score (nSPS) is 16.5. The van der Waals surface area contributed by atoms with Crippen molar-refractivity contribution in [1.29, 1.82) is 0 Å². The molecule has 2 aromatic rings. The number of carbonyl (C=O) groups is 1. The van der Waals surface area contributed by atoms with Crippen LogP contribution in [-0.2, 0) is 4.84 Å². The molecule has 8 heteroatoms. The summed E-state index contributed by atoms with van der Waals surface area (Å²) >= 11 is 0. The van der Waals surface area contributed by atoms with Crippen molar-refractivity contribution in [2.45, 2.75) is 18.9 Å². The highest BCUT2D eigenvalue weighted by atomic mass is 16.8. The monoisotopic (exact) mass is 304 g/mol. The molecule has 1 aliphatic heterocycles. The first-order chi connectivity index (χ1) is 10.6. The first kappa shape index (κ1) is 14.3. The molecule has 0 unspecified atom stereocenters. The van der Waals surface area contributed by atoms with Crippen molar-refractivity contribution >= 4 is 6.16 Å². The van der Waals surface area contributed by atoms with Gasteiger partial charge in [-0.3, -0.25) is 4.98 Å². The molecule has 2 heterocycles. The van der Waals surface area contributed by atoms with E-state index in [9.17, 15) is 9.59 Å². The molecule has 1 aliphatic rings. The molecule has 0 bridgehead atoms. The minimum atomic E-state index is -1.32. The lowest BCUT2D eigenvalue weighted by Gasteiger charge is -2.28. The van der Waals surface area contributed by atoms with E-state index in [1.807, 2.05) is 30.3 Å². The van der Waals surface area contributed by atoms with Crippen LogP contribution in [0.25, 0.3) is 11.4 Å². The Labute approximate surface area is 125 Å². The van der Waals surface area contributed by atoms with E-state index in [1.54, 1.807) is 0 Å². The lowest BCUT2D eigenvalue weighted by molar-refractivity contribution is -0.135. The highest BCUT2D eigenvalue weighted by Crippen LogP contribution is 2.21. The van der Waals surface area contributed by atoms with Gasteiger partial charge in [-0.05, 0) is 12.8 Å². The van der Waals surface area contributed by atoms with Crippen LogP contribution in [0, 0.1) is 0 Å². The molecule has 0 atom stereocenters. The molecular weight excluding hydrogens is 288 g/mol. The highest BCUT2D eigenvalue weighted by molar-refractivity contribution is 5.56. The molecule has 0 aliphatic carbocycles. The number of piperidine rings is 1. The van der Waals surface area contributed by atoms with E-state index in [4.69, 9.17) is 5.11 Å². The number of aromatic nitrogens is 3. The second-order valence-corrected chi connectivity index (χ2v) is 5.11. The van der Waals surface area contributed by atoms with Crippen LogP contribution in [-0.4, -0.2) is 44.2 Å². The quantitative estimate of drug-likeness (QED) is 0.891. The topological polar surface area (TPSA) is 100 Å². The fraction of sp³-hybridized carbons (Fsp3) is 0.357. The van der Waals surface area contributed by atoms with Crippen molar-refractivity contribution < 1.29 is 14.7 Å². The van der Waals surface area contributed by atoms with Gasteiger partial charge in [0.1, 0.15) is 0 Å².